The fraction of sp³-hybridized carbons (Fsp3) is 0.188. The van der Waals surface area contributed by atoms with Crippen LogP contribution >= 0.6 is 0 Å². The third kappa shape index (κ3) is 4.85. The predicted octanol–water partition coefficient (Wildman–Crippen LogP) is 3.67. The first kappa shape index (κ1) is 19.0. The van der Waals surface area contributed by atoms with Gasteiger partial charge in [-0.15, -0.1) is 0 Å². The number of ether oxygens (including phenoxy) is 1. The van der Waals surface area contributed by atoms with Gasteiger partial charge in [0.25, 0.3) is 5.69 Å². The van der Waals surface area contributed by atoms with Gasteiger partial charge < -0.3 is 15.4 Å². The van der Waals surface area contributed by atoms with Crippen LogP contribution in [0.25, 0.3) is 0 Å². The number of nitrogens with zero attached hydrogens (tertiary/aromatic N) is 1. The van der Waals surface area contributed by atoms with E-state index in [1.807, 2.05) is 0 Å². The van der Waals surface area contributed by atoms with Gasteiger partial charge in [0.05, 0.1) is 30.2 Å². The molecule has 0 unspecified atom stereocenters. The zero-order valence-electron chi connectivity index (χ0n) is 13.5. The summed E-state index contributed by atoms with van der Waals surface area (Å²) in [7, 11) is 1.35. The molecule has 2 aromatic rings. The van der Waals surface area contributed by atoms with Gasteiger partial charge in [0, 0.05) is 5.69 Å². The Morgan fingerprint density at radius 2 is 1.85 bits per heavy atom. The molecule has 0 aliphatic heterocycles. The van der Waals surface area contributed by atoms with Crippen LogP contribution in [-0.4, -0.2) is 24.5 Å². The number of halogens is 3. The van der Waals surface area contributed by atoms with Crippen molar-refractivity contribution < 1.29 is 27.6 Å². The molecule has 0 saturated carbocycles. The summed E-state index contributed by atoms with van der Waals surface area (Å²) in [6.07, 6.45) is -4.44. The van der Waals surface area contributed by atoms with Crippen molar-refractivity contribution in [1.29, 1.82) is 0 Å². The first-order valence-corrected chi connectivity index (χ1v) is 7.24. The van der Waals surface area contributed by atoms with Gasteiger partial charge >= 0.3 is 6.18 Å². The molecule has 0 bridgehead atoms. The molecule has 10 heteroatoms. The van der Waals surface area contributed by atoms with Crippen molar-refractivity contribution in [1.82, 2.24) is 0 Å². The van der Waals surface area contributed by atoms with Crippen molar-refractivity contribution >= 4 is 23.0 Å². The normalized spacial score (nSPS) is 10.9. The van der Waals surface area contributed by atoms with E-state index in [1.54, 1.807) is 0 Å². The summed E-state index contributed by atoms with van der Waals surface area (Å²) >= 11 is 0. The molecule has 0 atom stereocenters. The molecule has 0 aliphatic carbocycles. The van der Waals surface area contributed by atoms with Crippen molar-refractivity contribution in [3.05, 3.63) is 58.1 Å². The Labute approximate surface area is 145 Å². The maximum atomic E-state index is 12.5. The third-order valence-corrected chi connectivity index (χ3v) is 3.34. The minimum Gasteiger partial charge on any atom is -0.496 e. The number of methoxy groups -OCH3 is 1. The standard InChI is InChI=1S/C16H14F3N3O4/c1-26-12-6-7-13(14(8-12)22(24)25)21-15(23)9-20-11-4-2-10(3-5-11)16(17,18)19/h2-8,20H,9H2,1H3,(H,21,23). The summed E-state index contributed by atoms with van der Waals surface area (Å²) in [6, 6.07) is 8.08. The van der Waals surface area contributed by atoms with Crippen molar-refractivity contribution in [2.75, 3.05) is 24.3 Å². The predicted molar refractivity (Wildman–Crippen MR) is 88.2 cm³/mol. The molecule has 2 aromatic carbocycles. The fourth-order valence-electron chi connectivity index (χ4n) is 2.05. The lowest BCUT2D eigenvalue weighted by atomic mass is 10.2. The Morgan fingerprint density at radius 1 is 1.19 bits per heavy atom. The van der Waals surface area contributed by atoms with E-state index >= 15 is 0 Å². The number of carbonyl (C=O) groups excluding carboxylic acids is 1. The number of hydrogen-bond acceptors (Lipinski definition) is 5. The number of amides is 1. The molecular weight excluding hydrogens is 355 g/mol. The molecule has 0 fully saturated rings. The quantitative estimate of drug-likeness (QED) is 0.599. The summed E-state index contributed by atoms with van der Waals surface area (Å²) in [5.41, 5.74) is -0.860. The highest BCUT2D eigenvalue weighted by atomic mass is 19.4. The topological polar surface area (TPSA) is 93.5 Å². The second kappa shape index (κ2) is 7.72. The van der Waals surface area contributed by atoms with Crippen LogP contribution in [0.5, 0.6) is 5.75 Å². The van der Waals surface area contributed by atoms with Crippen LogP contribution in [0.15, 0.2) is 42.5 Å². The van der Waals surface area contributed by atoms with Gasteiger partial charge in [-0.2, -0.15) is 13.2 Å². The molecule has 26 heavy (non-hydrogen) atoms. The van der Waals surface area contributed by atoms with E-state index in [2.05, 4.69) is 10.6 Å². The van der Waals surface area contributed by atoms with Crippen LogP contribution in [-0.2, 0) is 11.0 Å². The molecule has 2 rings (SSSR count). The summed E-state index contributed by atoms with van der Waals surface area (Å²) in [6.45, 7) is -0.283. The molecule has 0 aliphatic rings. The van der Waals surface area contributed by atoms with Crippen LogP contribution in [0.3, 0.4) is 0 Å². The second-order valence-corrected chi connectivity index (χ2v) is 5.12. The first-order chi connectivity index (χ1) is 12.2. The molecule has 2 N–H and O–H groups in total. The summed E-state index contributed by atoms with van der Waals surface area (Å²) in [5.74, 6) is -0.337. The highest BCUT2D eigenvalue weighted by Crippen LogP contribution is 2.30. The van der Waals surface area contributed by atoms with Crippen LogP contribution in [0.4, 0.5) is 30.2 Å². The smallest absolute Gasteiger partial charge is 0.416 e. The number of hydrogen-bond donors (Lipinski definition) is 2. The number of nitro benzene ring substituents is 1. The summed E-state index contributed by atoms with van der Waals surface area (Å²) < 4.78 is 42.3. The lowest BCUT2D eigenvalue weighted by Gasteiger charge is -2.10. The Hall–Kier alpha value is -3.30. The number of anilines is 2. The molecule has 0 aromatic heterocycles. The lowest BCUT2D eigenvalue weighted by molar-refractivity contribution is -0.384. The van der Waals surface area contributed by atoms with Gasteiger partial charge in [-0.05, 0) is 36.4 Å². The van der Waals surface area contributed by atoms with Crippen LogP contribution < -0.4 is 15.4 Å². The Balaban J connectivity index is 2.00. The minimum atomic E-state index is -4.44. The van der Waals surface area contributed by atoms with Gasteiger partial charge in [0.2, 0.25) is 5.91 Å². The van der Waals surface area contributed by atoms with Crippen LogP contribution in [0.2, 0.25) is 0 Å². The largest absolute Gasteiger partial charge is 0.496 e. The van der Waals surface area contributed by atoms with Gasteiger partial charge in [-0.3, -0.25) is 14.9 Å². The van der Waals surface area contributed by atoms with Gasteiger partial charge in [0.1, 0.15) is 11.4 Å². The number of nitro groups is 1. The highest BCUT2D eigenvalue weighted by molar-refractivity contribution is 5.95. The van der Waals surface area contributed by atoms with Crippen LogP contribution in [0.1, 0.15) is 5.56 Å². The SMILES string of the molecule is COc1ccc(NC(=O)CNc2ccc(C(F)(F)F)cc2)c([N+](=O)[O-])c1. The molecule has 0 heterocycles. The average molecular weight is 369 g/mol. The molecule has 7 nitrogen and oxygen atoms in total. The second-order valence-electron chi connectivity index (χ2n) is 5.12. The summed E-state index contributed by atoms with van der Waals surface area (Å²) in [5, 5.41) is 16.1. The number of carbonyl (C=O) groups is 1. The van der Waals surface area contributed by atoms with Gasteiger partial charge in [-0.1, -0.05) is 0 Å². The Kier molecular flexibility index (Phi) is 5.65. The zero-order valence-corrected chi connectivity index (χ0v) is 13.5. The van der Waals surface area contributed by atoms with Crippen molar-refractivity contribution in [2.24, 2.45) is 0 Å². The fourth-order valence-corrected chi connectivity index (χ4v) is 2.05. The maximum Gasteiger partial charge on any atom is 0.416 e. The molecule has 0 saturated heterocycles. The van der Waals surface area contributed by atoms with E-state index in [0.717, 1.165) is 12.1 Å². The maximum absolute atomic E-state index is 12.5. The molecule has 0 spiro atoms. The van der Waals surface area contributed by atoms with Gasteiger partial charge in [0.15, 0.2) is 0 Å². The Morgan fingerprint density at radius 3 is 2.38 bits per heavy atom. The van der Waals surface area contributed by atoms with E-state index in [9.17, 15) is 28.1 Å². The van der Waals surface area contributed by atoms with E-state index < -0.39 is 22.6 Å². The number of rotatable bonds is 6. The zero-order chi connectivity index (χ0) is 19.3. The lowest BCUT2D eigenvalue weighted by Crippen LogP contribution is -2.22. The van der Waals surface area contributed by atoms with Crippen molar-refractivity contribution in [2.45, 2.75) is 6.18 Å². The molecule has 0 radical (unpaired) electrons. The Bertz CT molecular complexity index is 807. The van der Waals surface area contributed by atoms with E-state index in [-0.39, 0.29) is 23.7 Å². The third-order valence-electron chi connectivity index (χ3n) is 3.34. The molecular formula is C16H14F3N3O4. The van der Waals surface area contributed by atoms with Crippen molar-refractivity contribution in [3.8, 4) is 5.75 Å². The van der Waals surface area contributed by atoms with Crippen LogP contribution in [0, 0.1) is 10.1 Å². The highest BCUT2D eigenvalue weighted by Gasteiger charge is 2.29. The molecule has 1 amide bonds. The minimum absolute atomic E-state index is 0.0185. The van der Waals surface area contributed by atoms with Crippen molar-refractivity contribution in [3.63, 3.8) is 0 Å². The number of alkyl halides is 3. The van der Waals surface area contributed by atoms with E-state index in [4.69, 9.17) is 4.74 Å². The average Bonchev–Trinajstić information content (AvgIpc) is 2.59. The summed E-state index contributed by atoms with van der Waals surface area (Å²) in [4.78, 5) is 22.3. The molecule has 138 valence electrons. The van der Waals surface area contributed by atoms with E-state index in [1.165, 1.54) is 37.4 Å². The first-order valence-electron chi connectivity index (χ1n) is 7.24. The number of nitrogens with one attached hydrogen (secondary N) is 2. The number of benzene rings is 2. The van der Waals surface area contributed by atoms with Gasteiger partial charge in [-0.25, -0.2) is 0 Å². The monoisotopic (exact) mass is 369 g/mol. The van der Waals surface area contributed by atoms with E-state index in [0.29, 0.717) is 5.69 Å².